The van der Waals surface area contributed by atoms with E-state index in [4.69, 9.17) is 9.84 Å². The van der Waals surface area contributed by atoms with Gasteiger partial charge >= 0.3 is 5.97 Å². The average Bonchev–Trinajstić information content (AvgIpc) is 2.05. The predicted molar refractivity (Wildman–Crippen MR) is 48.3 cm³/mol. The van der Waals surface area contributed by atoms with E-state index < -0.39 is 18.2 Å². The molecule has 0 radical (unpaired) electrons. The summed E-state index contributed by atoms with van der Waals surface area (Å²) in [5.74, 6) is -0.426. The number of carbonyl (C=O) groups is 1. The Kier molecular flexibility index (Phi) is 6.18. The van der Waals surface area contributed by atoms with E-state index in [0.29, 0.717) is 6.61 Å². The van der Waals surface area contributed by atoms with Crippen LogP contribution in [-0.2, 0) is 14.3 Å². The molecule has 76 valence electrons. The minimum atomic E-state index is -0.643. The van der Waals surface area contributed by atoms with E-state index in [1.165, 1.54) is 19.3 Å². The van der Waals surface area contributed by atoms with Crippen LogP contribution in [0.15, 0.2) is 12.2 Å². The molecule has 0 amide bonds. The van der Waals surface area contributed by atoms with Crippen LogP contribution in [0.5, 0.6) is 0 Å². The quantitative estimate of drug-likeness (QED) is 0.504. The number of ether oxygens (including phenoxy) is 2. The summed E-state index contributed by atoms with van der Waals surface area (Å²) >= 11 is 0. The van der Waals surface area contributed by atoms with Crippen LogP contribution in [0.2, 0.25) is 0 Å². The summed E-state index contributed by atoms with van der Waals surface area (Å²) < 4.78 is 9.55. The fourth-order valence-electron chi connectivity index (χ4n) is 0.800. The van der Waals surface area contributed by atoms with Gasteiger partial charge in [0.25, 0.3) is 0 Å². The van der Waals surface area contributed by atoms with Gasteiger partial charge in [0, 0.05) is 13.2 Å². The Balaban J connectivity index is 3.99. The predicted octanol–water partition coefficient (Wildman–Crippen LogP) is 0.501. The van der Waals surface area contributed by atoms with Gasteiger partial charge in [-0.1, -0.05) is 0 Å². The van der Waals surface area contributed by atoms with Gasteiger partial charge in [-0.2, -0.15) is 0 Å². The van der Waals surface area contributed by atoms with Crippen molar-refractivity contribution >= 4 is 5.97 Å². The number of aliphatic hydroxyl groups is 1. The van der Waals surface area contributed by atoms with Crippen LogP contribution in [0.3, 0.4) is 0 Å². The molecule has 1 N–H and O–H groups in total. The zero-order chi connectivity index (χ0) is 10.3. The van der Waals surface area contributed by atoms with Crippen molar-refractivity contribution in [2.24, 2.45) is 0 Å². The summed E-state index contributed by atoms with van der Waals surface area (Å²) in [7, 11) is 1.47. The van der Waals surface area contributed by atoms with Gasteiger partial charge in [0.2, 0.25) is 0 Å². The van der Waals surface area contributed by atoms with Crippen molar-refractivity contribution in [2.45, 2.75) is 26.1 Å². The van der Waals surface area contributed by atoms with Crippen molar-refractivity contribution in [3.05, 3.63) is 12.2 Å². The Labute approximate surface area is 78.2 Å². The lowest BCUT2D eigenvalue weighted by molar-refractivity contribution is -0.137. The van der Waals surface area contributed by atoms with E-state index in [2.05, 4.69) is 4.74 Å². The first-order valence-electron chi connectivity index (χ1n) is 4.17. The number of esters is 1. The number of methoxy groups -OCH3 is 1. The number of hydrogen-bond donors (Lipinski definition) is 1. The first kappa shape index (κ1) is 12.1. The Bertz CT molecular complexity index is 174. The van der Waals surface area contributed by atoms with Crippen LogP contribution in [0.1, 0.15) is 13.8 Å². The monoisotopic (exact) mass is 188 g/mol. The molecule has 0 saturated carbocycles. The van der Waals surface area contributed by atoms with Gasteiger partial charge in [0.05, 0.1) is 12.7 Å². The van der Waals surface area contributed by atoms with E-state index >= 15 is 0 Å². The molecular weight excluding hydrogens is 172 g/mol. The van der Waals surface area contributed by atoms with Crippen molar-refractivity contribution in [2.75, 3.05) is 13.7 Å². The molecule has 0 aromatic rings. The second kappa shape index (κ2) is 6.62. The Morgan fingerprint density at radius 1 is 1.62 bits per heavy atom. The van der Waals surface area contributed by atoms with Crippen LogP contribution in [0.25, 0.3) is 0 Å². The van der Waals surface area contributed by atoms with Crippen LogP contribution in [-0.4, -0.2) is 37.0 Å². The summed E-state index contributed by atoms with van der Waals surface area (Å²) in [4.78, 5) is 10.8. The molecule has 0 aliphatic heterocycles. The minimum Gasteiger partial charge on any atom is -0.463 e. The van der Waals surface area contributed by atoms with Crippen molar-refractivity contribution < 1.29 is 19.4 Å². The van der Waals surface area contributed by atoms with Crippen molar-refractivity contribution in [1.82, 2.24) is 0 Å². The molecule has 0 unspecified atom stereocenters. The lowest BCUT2D eigenvalue weighted by Gasteiger charge is -2.12. The largest absolute Gasteiger partial charge is 0.463 e. The van der Waals surface area contributed by atoms with Gasteiger partial charge in [0.15, 0.2) is 0 Å². The normalized spacial score (nSPS) is 15.7. The van der Waals surface area contributed by atoms with Crippen molar-refractivity contribution in [3.63, 3.8) is 0 Å². The Hall–Kier alpha value is -0.870. The second-order valence-electron chi connectivity index (χ2n) is 2.55. The maximum Gasteiger partial charge on any atom is 0.330 e. The Morgan fingerprint density at radius 2 is 2.23 bits per heavy atom. The fourth-order valence-corrected chi connectivity index (χ4v) is 0.800. The standard InChI is InChI=1S/C9H16O4/c1-4-13-9(11)6-5-8(12-3)7(2)10/h5-8,10H,4H2,1-3H3/b6-5+/t7-,8+/m0/s1. The highest BCUT2D eigenvalue weighted by Gasteiger charge is 2.09. The molecule has 0 spiro atoms. The number of rotatable bonds is 5. The first-order chi connectivity index (χ1) is 6.11. The lowest BCUT2D eigenvalue weighted by Crippen LogP contribution is -2.22. The van der Waals surface area contributed by atoms with Gasteiger partial charge in [-0.25, -0.2) is 4.79 Å². The molecule has 0 fully saturated rings. The molecule has 0 rings (SSSR count). The van der Waals surface area contributed by atoms with Crippen LogP contribution >= 0.6 is 0 Å². The van der Waals surface area contributed by atoms with E-state index in [1.54, 1.807) is 13.8 Å². The summed E-state index contributed by atoms with van der Waals surface area (Å²) in [6.45, 7) is 3.66. The van der Waals surface area contributed by atoms with Gasteiger partial charge < -0.3 is 14.6 Å². The molecule has 0 aliphatic rings. The third-order valence-electron chi connectivity index (χ3n) is 1.46. The fraction of sp³-hybridized carbons (Fsp3) is 0.667. The smallest absolute Gasteiger partial charge is 0.330 e. The number of hydrogen-bond acceptors (Lipinski definition) is 4. The highest BCUT2D eigenvalue weighted by atomic mass is 16.5. The molecule has 0 bridgehead atoms. The zero-order valence-electron chi connectivity index (χ0n) is 8.19. The number of aliphatic hydroxyl groups excluding tert-OH is 1. The van der Waals surface area contributed by atoms with Crippen LogP contribution in [0.4, 0.5) is 0 Å². The molecule has 0 aromatic carbocycles. The van der Waals surface area contributed by atoms with E-state index in [1.807, 2.05) is 0 Å². The molecule has 0 heterocycles. The molecule has 2 atom stereocenters. The molecule has 13 heavy (non-hydrogen) atoms. The SMILES string of the molecule is CCOC(=O)/C=C/[C@@H](OC)[C@H](C)O. The summed E-state index contributed by atoms with van der Waals surface area (Å²) in [5.41, 5.74) is 0. The maximum absolute atomic E-state index is 10.8. The molecule has 0 aliphatic carbocycles. The third kappa shape index (κ3) is 5.38. The highest BCUT2D eigenvalue weighted by molar-refractivity contribution is 5.81. The molecular formula is C9H16O4. The highest BCUT2D eigenvalue weighted by Crippen LogP contribution is 1.99. The number of carbonyl (C=O) groups excluding carboxylic acids is 1. The van der Waals surface area contributed by atoms with E-state index in [9.17, 15) is 4.79 Å². The van der Waals surface area contributed by atoms with Crippen molar-refractivity contribution in [1.29, 1.82) is 0 Å². The van der Waals surface area contributed by atoms with E-state index in [-0.39, 0.29) is 0 Å². The van der Waals surface area contributed by atoms with Gasteiger partial charge in [0.1, 0.15) is 6.10 Å². The zero-order valence-corrected chi connectivity index (χ0v) is 8.19. The van der Waals surface area contributed by atoms with Crippen molar-refractivity contribution in [3.8, 4) is 0 Å². The summed E-state index contributed by atoms with van der Waals surface area (Å²) in [6.07, 6.45) is 1.62. The molecule has 0 aromatic heterocycles. The van der Waals surface area contributed by atoms with Gasteiger partial charge in [-0.3, -0.25) is 0 Å². The molecule has 4 nitrogen and oxygen atoms in total. The van der Waals surface area contributed by atoms with Crippen LogP contribution in [0, 0.1) is 0 Å². The Morgan fingerprint density at radius 3 is 2.62 bits per heavy atom. The van der Waals surface area contributed by atoms with Gasteiger partial charge in [-0.05, 0) is 19.9 Å². The molecule has 4 heteroatoms. The summed E-state index contributed by atoms with van der Waals surface area (Å²) in [5, 5.41) is 9.13. The topological polar surface area (TPSA) is 55.8 Å². The van der Waals surface area contributed by atoms with Crippen LogP contribution < -0.4 is 0 Å². The minimum absolute atomic E-state index is 0.343. The average molecular weight is 188 g/mol. The summed E-state index contributed by atoms with van der Waals surface area (Å²) in [6, 6.07) is 0. The molecule has 0 saturated heterocycles. The van der Waals surface area contributed by atoms with E-state index in [0.717, 1.165) is 0 Å². The van der Waals surface area contributed by atoms with Gasteiger partial charge in [-0.15, -0.1) is 0 Å². The second-order valence-corrected chi connectivity index (χ2v) is 2.55. The first-order valence-corrected chi connectivity index (χ1v) is 4.17. The third-order valence-corrected chi connectivity index (χ3v) is 1.46. The lowest BCUT2D eigenvalue weighted by atomic mass is 10.2. The maximum atomic E-state index is 10.8.